The lowest BCUT2D eigenvalue weighted by atomic mass is 10.0. The molecule has 9 rings (SSSR count). The smallest absolute Gasteiger partial charge is 0.237 e. The second kappa shape index (κ2) is 7.52. The third-order valence-electron chi connectivity index (χ3n) is 7.59. The lowest BCUT2D eigenvalue weighted by Gasteiger charge is -2.06. The van der Waals surface area contributed by atoms with E-state index in [1.807, 2.05) is 60.8 Å². The zero-order valence-electron chi connectivity index (χ0n) is 20.6. The first kappa shape index (κ1) is 20.6. The molecule has 0 amide bonds. The van der Waals surface area contributed by atoms with E-state index in [4.69, 9.17) is 19.4 Å². The van der Waals surface area contributed by atoms with E-state index in [0.29, 0.717) is 5.95 Å². The minimum atomic E-state index is 0.600. The van der Waals surface area contributed by atoms with E-state index in [0.717, 1.165) is 71.8 Å². The molecule has 0 bridgehead atoms. The number of rotatable bonds is 2. The lowest BCUT2D eigenvalue weighted by Crippen LogP contribution is -2.01. The summed E-state index contributed by atoms with van der Waals surface area (Å²) in [6.45, 7) is 0. The van der Waals surface area contributed by atoms with Crippen molar-refractivity contribution in [1.29, 1.82) is 0 Å². The number of imidazole rings is 2. The summed E-state index contributed by atoms with van der Waals surface area (Å²) in [5.74, 6) is 1.39. The van der Waals surface area contributed by atoms with Crippen LogP contribution in [0.4, 0.5) is 0 Å². The van der Waals surface area contributed by atoms with E-state index in [-0.39, 0.29) is 0 Å². The Balaban J connectivity index is 1.33. The molecule has 5 aromatic carbocycles. The fraction of sp³-hybridized carbons (Fsp3) is 0. The van der Waals surface area contributed by atoms with Crippen LogP contribution in [0.3, 0.4) is 0 Å². The standard InChI is InChI=1S/C33H19N5O/c1-3-9-25-22(7-1)19-34-32(35-25)38-28-15-13-21(18-29(28)37-27-11-5-4-10-26(27)36-33(37)38)20-14-16-31-24(17-20)23-8-2-6-12-30(23)39-31/h1-19H. The second-order valence-electron chi connectivity index (χ2n) is 9.81. The number of nitrogens with zero attached hydrogens (tertiary/aromatic N) is 5. The minimum absolute atomic E-state index is 0.600. The van der Waals surface area contributed by atoms with Gasteiger partial charge in [-0.25, -0.2) is 19.5 Å². The predicted molar refractivity (Wildman–Crippen MR) is 155 cm³/mol. The van der Waals surface area contributed by atoms with Crippen LogP contribution in [0.2, 0.25) is 0 Å². The summed E-state index contributed by atoms with van der Waals surface area (Å²) in [6, 6.07) is 37.4. The van der Waals surface area contributed by atoms with Gasteiger partial charge >= 0.3 is 0 Å². The van der Waals surface area contributed by atoms with Crippen LogP contribution in [-0.4, -0.2) is 23.9 Å². The summed E-state index contributed by atoms with van der Waals surface area (Å²) in [4.78, 5) is 14.7. The summed E-state index contributed by atoms with van der Waals surface area (Å²) >= 11 is 0. The Morgan fingerprint density at radius 2 is 1.33 bits per heavy atom. The molecule has 4 aromatic heterocycles. The van der Waals surface area contributed by atoms with Gasteiger partial charge in [0.1, 0.15) is 11.2 Å². The van der Waals surface area contributed by atoms with Gasteiger partial charge in [0.2, 0.25) is 11.7 Å². The molecule has 6 heteroatoms. The van der Waals surface area contributed by atoms with E-state index >= 15 is 0 Å². The summed E-state index contributed by atoms with van der Waals surface area (Å²) in [7, 11) is 0. The molecule has 0 saturated heterocycles. The van der Waals surface area contributed by atoms with Gasteiger partial charge in [-0.1, -0.05) is 60.7 Å². The first-order chi connectivity index (χ1) is 19.3. The predicted octanol–water partition coefficient (Wildman–Crippen LogP) is 7.94. The molecule has 0 unspecified atom stereocenters. The van der Waals surface area contributed by atoms with Crippen LogP contribution in [0.1, 0.15) is 0 Å². The zero-order valence-corrected chi connectivity index (χ0v) is 20.6. The molecule has 0 aliphatic carbocycles. The number of hydrogen-bond acceptors (Lipinski definition) is 4. The van der Waals surface area contributed by atoms with Crippen molar-refractivity contribution in [2.75, 3.05) is 0 Å². The molecule has 182 valence electrons. The molecular formula is C33H19N5O. The number of fused-ring (bicyclic) bond motifs is 9. The maximum atomic E-state index is 6.06. The van der Waals surface area contributed by atoms with Gasteiger partial charge in [-0.05, 0) is 59.7 Å². The lowest BCUT2D eigenvalue weighted by molar-refractivity contribution is 0.669. The van der Waals surface area contributed by atoms with Crippen LogP contribution >= 0.6 is 0 Å². The highest BCUT2D eigenvalue weighted by molar-refractivity contribution is 6.06. The van der Waals surface area contributed by atoms with Crippen LogP contribution in [0.5, 0.6) is 0 Å². The van der Waals surface area contributed by atoms with Gasteiger partial charge in [0.05, 0.1) is 27.6 Å². The Bertz CT molecular complexity index is 2410. The number of furan rings is 1. The molecule has 0 atom stereocenters. The van der Waals surface area contributed by atoms with Crippen molar-refractivity contribution in [1.82, 2.24) is 23.9 Å². The molecule has 0 radical (unpaired) electrons. The quantitative estimate of drug-likeness (QED) is 0.241. The molecule has 0 aliphatic rings. The first-order valence-electron chi connectivity index (χ1n) is 12.9. The fourth-order valence-electron chi connectivity index (χ4n) is 5.75. The van der Waals surface area contributed by atoms with E-state index in [1.165, 1.54) is 0 Å². The number of benzene rings is 5. The van der Waals surface area contributed by atoms with Crippen LogP contribution in [0.25, 0.3) is 77.8 Å². The maximum Gasteiger partial charge on any atom is 0.237 e. The van der Waals surface area contributed by atoms with E-state index in [1.54, 1.807) is 0 Å². The molecule has 0 aliphatic heterocycles. The topological polar surface area (TPSA) is 61.2 Å². The van der Waals surface area contributed by atoms with Crippen molar-refractivity contribution in [3.63, 3.8) is 0 Å². The Labute approximate surface area is 221 Å². The van der Waals surface area contributed by atoms with E-state index in [2.05, 4.69) is 63.6 Å². The van der Waals surface area contributed by atoms with E-state index < -0.39 is 0 Å². The third-order valence-corrected chi connectivity index (χ3v) is 7.59. The van der Waals surface area contributed by atoms with Gasteiger partial charge in [-0.3, -0.25) is 4.40 Å². The molecule has 6 nitrogen and oxygen atoms in total. The van der Waals surface area contributed by atoms with Gasteiger partial charge in [-0.2, -0.15) is 0 Å². The normalized spacial score (nSPS) is 12.1. The average Bonchev–Trinajstić information content (AvgIpc) is 3.65. The van der Waals surface area contributed by atoms with E-state index in [9.17, 15) is 0 Å². The minimum Gasteiger partial charge on any atom is -0.456 e. The number of para-hydroxylation sites is 4. The first-order valence-corrected chi connectivity index (χ1v) is 12.9. The van der Waals surface area contributed by atoms with Crippen LogP contribution in [-0.2, 0) is 0 Å². The van der Waals surface area contributed by atoms with Gasteiger partial charge in [0.25, 0.3) is 0 Å². The summed E-state index contributed by atoms with van der Waals surface area (Å²) in [5, 5.41) is 3.24. The zero-order chi connectivity index (χ0) is 25.5. The highest BCUT2D eigenvalue weighted by Crippen LogP contribution is 2.35. The molecule has 39 heavy (non-hydrogen) atoms. The van der Waals surface area contributed by atoms with Crippen molar-refractivity contribution in [3.05, 3.63) is 115 Å². The number of aromatic nitrogens is 5. The Hall–Kier alpha value is -5.49. The summed E-state index contributed by atoms with van der Waals surface area (Å²) in [6.07, 6.45) is 1.88. The van der Waals surface area contributed by atoms with Crippen molar-refractivity contribution in [3.8, 4) is 17.1 Å². The number of hydrogen-bond donors (Lipinski definition) is 0. The highest BCUT2D eigenvalue weighted by Gasteiger charge is 2.19. The monoisotopic (exact) mass is 501 g/mol. The van der Waals surface area contributed by atoms with Crippen LogP contribution < -0.4 is 0 Å². The van der Waals surface area contributed by atoms with Gasteiger partial charge in [-0.15, -0.1) is 0 Å². The third kappa shape index (κ3) is 2.88. The Morgan fingerprint density at radius 3 is 2.31 bits per heavy atom. The fourth-order valence-corrected chi connectivity index (χ4v) is 5.75. The van der Waals surface area contributed by atoms with Crippen LogP contribution in [0.15, 0.2) is 120 Å². The maximum absolute atomic E-state index is 6.06. The van der Waals surface area contributed by atoms with Gasteiger partial charge < -0.3 is 4.42 Å². The van der Waals surface area contributed by atoms with Gasteiger partial charge in [0.15, 0.2) is 0 Å². The molecule has 0 fully saturated rings. The van der Waals surface area contributed by atoms with Crippen molar-refractivity contribution < 1.29 is 4.42 Å². The van der Waals surface area contributed by atoms with Crippen molar-refractivity contribution in [2.24, 2.45) is 0 Å². The van der Waals surface area contributed by atoms with Crippen LogP contribution in [0, 0.1) is 0 Å². The molecular weight excluding hydrogens is 482 g/mol. The molecule has 0 spiro atoms. The molecule has 0 saturated carbocycles. The average molecular weight is 502 g/mol. The summed E-state index contributed by atoms with van der Waals surface area (Å²) in [5.41, 5.74) is 8.96. The highest BCUT2D eigenvalue weighted by atomic mass is 16.3. The Morgan fingerprint density at radius 1 is 0.564 bits per heavy atom. The molecule has 9 aromatic rings. The second-order valence-corrected chi connectivity index (χ2v) is 9.81. The van der Waals surface area contributed by atoms with Crippen molar-refractivity contribution >= 4 is 60.7 Å². The molecule has 4 heterocycles. The summed E-state index contributed by atoms with van der Waals surface area (Å²) < 4.78 is 10.3. The SMILES string of the molecule is c1ccc2nc(-n3c4ccc(-c5ccc6oc7ccccc7c6c5)cc4n4c5ccccc5nc34)ncc2c1. The molecule has 0 N–H and O–H groups in total. The van der Waals surface area contributed by atoms with Crippen molar-refractivity contribution in [2.45, 2.75) is 0 Å². The largest absolute Gasteiger partial charge is 0.456 e. The Kier molecular flexibility index (Phi) is 3.96. The van der Waals surface area contributed by atoms with Gasteiger partial charge in [0, 0.05) is 22.4 Å².